The van der Waals surface area contributed by atoms with Gasteiger partial charge in [-0.3, -0.25) is 9.59 Å². The molecule has 0 saturated heterocycles. The zero-order valence-electron chi connectivity index (χ0n) is 13.2. The van der Waals surface area contributed by atoms with Crippen molar-refractivity contribution in [1.82, 2.24) is 0 Å². The third kappa shape index (κ3) is 4.50. The molecule has 0 amide bonds. The lowest BCUT2D eigenvalue weighted by molar-refractivity contribution is -0.164. The molecule has 0 unspecified atom stereocenters. The van der Waals surface area contributed by atoms with E-state index in [9.17, 15) is 9.59 Å². The third-order valence-corrected chi connectivity index (χ3v) is 4.03. The van der Waals surface area contributed by atoms with Crippen LogP contribution in [0.5, 0.6) is 0 Å². The van der Waals surface area contributed by atoms with Crippen LogP contribution >= 0.6 is 0 Å². The summed E-state index contributed by atoms with van der Waals surface area (Å²) in [5.74, 6) is -1.05. The highest BCUT2D eigenvalue weighted by Crippen LogP contribution is 2.50. The second-order valence-corrected chi connectivity index (χ2v) is 6.21. The molecule has 4 nitrogen and oxygen atoms in total. The molecule has 116 valence electrons. The Kier molecular flexibility index (Phi) is 6.50. The first-order chi connectivity index (χ1) is 9.44. The van der Waals surface area contributed by atoms with Crippen molar-refractivity contribution in [2.24, 2.45) is 17.3 Å². The van der Waals surface area contributed by atoms with Crippen molar-refractivity contribution in [2.75, 3.05) is 13.2 Å². The number of carbonyl (C=O) groups excluding carboxylic acids is 2. The van der Waals surface area contributed by atoms with Crippen LogP contribution in [0.2, 0.25) is 0 Å². The summed E-state index contributed by atoms with van der Waals surface area (Å²) in [6.07, 6.45) is 5.01. The van der Waals surface area contributed by atoms with Gasteiger partial charge in [-0.25, -0.2) is 0 Å². The van der Waals surface area contributed by atoms with E-state index < -0.39 is 17.9 Å². The normalized spacial score (nSPS) is 16.9. The maximum Gasteiger partial charge on any atom is 0.320 e. The van der Waals surface area contributed by atoms with Crippen LogP contribution in [0.4, 0.5) is 0 Å². The zero-order valence-corrected chi connectivity index (χ0v) is 13.2. The molecule has 1 rings (SSSR count). The SMILES string of the molecule is CCOC(=O)C(CC1(CC(C)C)CCC1)C(=O)OCC. The molecular formula is C16H28O4. The van der Waals surface area contributed by atoms with E-state index >= 15 is 0 Å². The molecule has 0 aromatic rings. The lowest BCUT2D eigenvalue weighted by Crippen LogP contribution is -2.39. The lowest BCUT2D eigenvalue weighted by Gasteiger charge is -2.44. The predicted molar refractivity (Wildman–Crippen MR) is 77.1 cm³/mol. The molecule has 0 radical (unpaired) electrons. The highest BCUT2D eigenvalue weighted by Gasteiger charge is 2.44. The van der Waals surface area contributed by atoms with Crippen LogP contribution in [0.3, 0.4) is 0 Å². The van der Waals surface area contributed by atoms with Gasteiger partial charge in [0.25, 0.3) is 0 Å². The Morgan fingerprint density at radius 1 is 1.00 bits per heavy atom. The second-order valence-electron chi connectivity index (χ2n) is 6.21. The number of carbonyl (C=O) groups is 2. The molecule has 0 spiro atoms. The number of hydrogen-bond acceptors (Lipinski definition) is 4. The third-order valence-electron chi connectivity index (χ3n) is 4.03. The highest BCUT2D eigenvalue weighted by molar-refractivity contribution is 5.95. The van der Waals surface area contributed by atoms with E-state index in [0.29, 0.717) is 25.6 Å². The average Bonchev–Trinajstić information content (AvgIpc) is 2.32. The molecule has 0 aromatic heterocycles. The van der Waals surface area contributed by atoms with Gasteiger partial charge in [-0.15, -0.1) is 0 Å². The van der Waals surface area contributed by atoms with Gasteiger partial charge in [-0.1, -0.05) is 20.3 Å². The molecule has 20 heavy (non-hydrogen) atoms. The van der Waals surface area contributed by atoms with Gasteiger partial charge in [0.2, 0.25) is 0 Å². The molecule has 0 bridgehead atoms. The molecule has 0 N–H and O–H groups in total. The quantitative estimate of drug-likeness (QED) is 0.507. The van der Waals surface area contributed by atoms with Crippen molar-refractivity contribution < 1.29 is 19.1 Å². The standard InChI is InChI=1S/C16H28O4/c1-5-19-14(17)13(15(18)20-6-2)11-16(8-7-9-16)10-12(3)4/h12-13H,5-11H2,1-4H3. The summed E-state index contributed by atoms with van der Waals surface area (Å²) >= 11 is 0. The van der Waals surface area contributed by atoms with Gasteiger partial charge < -0.3 is 9.47 Å². The number of rotatable bonds is 8. The summed E-state index contributed by atoms with van der Waals surface area (Å²) in [5.41, 5.74) is 0.123. The van der Waals surface area contributed by atoms with Crippen LogP contribution in [-0.4, -0.2) is 25.2 Å². The summed E-state index contributed by atoms with van der Waals surface area (Å²) in [7, 11) is 0. The van der Waals surface area contributed by atoms with Crippen molar-refractivity contribution in [3.63, 3.8) is 0 Å². The van der Waals surface area contributed by atoms with Gasteiger partial charge in [0.1, 0.15) is 0 Å². The Bertz CT molecular complexity index is 313. The largest absolute Gasteiger partial charge is 0.465 e. The highest BCUT2D eigenvalue weighted by atomic mass is 16.6. The summed E-state index contributed by atoms with van der Waals surface area (Å²) in [6.45, 7) is 8.48. The summed E-state index contributed by atoms with van der Waals surface area (Å²) in [5, 5.41) is 0. The minimum absolute atomic E-state index is 0.123. The topological polar surface area (TPSA) is 52.6 Å². The molecule has 0 heterocycles. The van der Waals surface area contributed by atoms with Crippen LogP contribution in [0.1, 0.15) is 59.8 Å². The van der Waals surface area contributed by atoms with E-state index in [4.69, 9.17) is 9.47 Å². The fourth-order valence-corrected chi connectivity index (χ4v) is 3.22. The van der Waals surface area contributed by atoms with E-state index in [1.54, 1.807) is 13.8 Å². The van der Waals surface area contributed by atoms with E-state index in [1.165, 1.54) is 6.42 Å². The average molecular weight is 284 g/mol. The van der Waals surface area contributed by atoms with Crippen molar-refractivity contribution >= 4 is 11.9 Å². The Balaban J connectivity index is 2.76. The molecule has 0 aliphatic heterocycles. The van der Waals surface area contributed by atoms with Crippen molar-refractivity contribution in [3.8, 4) is 0 Å². The Morgan fingerprint density at radius 3 is 1.80 bits per heavy atom. The van der Waals surface area contributed by atoms with Gasteiger partial charge in [-0.2, -0.15) is 0 Å². The fraction of sp³-hybridized carbons (Fsp3) is 0.875. The van der Waals surface area contributed by atoms with Gasteiger partial charge in [-0.05, 0) is 50.9 Å². The number of esters is 2. The van der Waals surface area contributed by atoms with Crippen LogP contribution in [0, 0.1) is 17.3 Å². The van der Waals surface area contributed by atoms with E-state index in [2.05, 4.69) is 13.8 Å². The predicted octanol–water partition coefficient (Wildman–Crippen LogP) is 3.34. The first-order valence-corrected chi connectivity index (χ1v) is 7.77. The van der Waals surface area contributed by atoms with Crippen molar-refractivity contribution in [2.45, 2.75) is 59.8 Å². The minimum atomic E-state index is -0.756. The Labute approximate surface area is 122 Å². The summed E-state index contributed by atoms with van der Waals surface area (Å²) < 4.78 is 10.1. The molecule has 0 atom stereocenters. The fourth-order valence-electron chi connectivity index (χ4n) is 3.22. The van der Waals surface area contributed by atoms with Gasteiger partial charge in [0.05, 0.1) is 13.2 Å². The first kappa shape index (κ1) is 17.0. The smallest absolute Gasteiger partial charge is 0.320 e. The monoisotopic (exact) mass is 284 g/mol. The summed E-state index contributed by atoms with van der Waals surface area (Å²) in [6, 6.07) is 0. The molecular weight excluding hydrogens is 256 g/mol. The lowest BCUT2D eigenvalue weighted by atomic mass is 9.60. The van der Waals surface area contributed by atoms with Gasteiger partial charge in [0.15, 0.2) is 5.92 Å². The first-order valence-electron chi connectivity index (χ1n) is 7.77. The minimum Gasteiger partial charge on any atom is -0.465 e. The molecule has 1 aliphatic carbocycles. The molecule has 1 saturated carbocycles. The van der Waals surface area contributed by atoms with E-state index in [0.717, 1.165) is 19.3 Å². The van der Waals surface area contributed by atoms with Crippen LogP contribution in [0.15, 0.2) is 0 Å². The number of ether oxygens (including phenoxy) is 2. The maximum atomic E-state index is 12.0. The Morgan fingerprint density at radius 2 is 1.50 bits per heavy atom. The van der Waals surface area contributed by atoms with Gasteiger partial charge in [0, 0.05) is 0 Å². The van der Waals surface area contributed by atoms with Crippen molar-refractivity contribution in [3.05, 3.63) is 0 Å². The number of hydrogen-bond donors (Lipinski definition) is 0. The van der Waals surface area contributed by atoms with Crippen LogP contribution in [-0.2, 0) is 19.1 Å². The van der Waals surface area contributed by atoms with Crippen LogP contribution in [0.25, 0.3) is 0 Å². The van der Waals surface area contributed by atoms with Crippen molar-refractivity contribution in [1.29, 1.82) is 0 Å². The maximum absolute atomic E-state index is 12.0. The molecule has 0 aromatic carbocycles. The molecule has 1 aliphatic rings. The van der Waals surface area contributed by atoms with E-state index in [1.807, 2.05) is 0 Å². The molecule has 1 fully saturated rings. The van der Waals surface area contributed by atoms with E-state index in [-0.39, 0.29) is 5.41 Å². The molecule has 4 heteroatoms. The second kappa shape index (κ2) is 7.65. The summed E-state index contributed by atoms with van der Waals surface area (Å²) in [4.78, 5) is 24.1. The van der Waals surface area contributed by atoms with Gasteiger partial charge >= 0.3 is 11.9 Å². The zero-order chi connectivity index (χ0) is 15.2. The van der Waals surface area contributed by atoms with Crippen LogP contribution < -0.4 is 0 Å². The Hall–Kier alpha value is -1.06.